The molecule has 0 saturated heterocycles. The van der Waals surface area contributed by atoms with Crippen LogP contribution in [-0.4, -0.2) is 0 Å². The molecule has 0 saturated carbocycles. The van der Waals surface area contributed by atoms with E-state index < -0.39 is 0 Å². The highest BCUT2D eigenvalue weighted by atomic mass is 14.4. The lowest BCUT2D eigenvalue weighted by Gasteiger charge is -2.23. The van der Waals surface area contributed by atoms with E-state index in [-0.39, 0.29) is 16.2 Å². The fraction of sp³-hybridized carbons (Fsp3) is 0.0629. The first kappa shape index (κ1) is 84.8. The second-order valence-corrected chi connectivity index (χ2v) is 41.0. The van der Waals surface area contributed by atoms with Gasteiger partial charge in [-0.2, -0.15) is 0 Å². The van der Waals surface area contributed by atoms with E-state index in [1.165, 1.54) is 285 Å². The molecule has 26 aromatic rings. The second kappa shape index (κ2) is 33.4. The van der Waals surface area contributed by atoms with Crippen molar-refractivity contribution in [2.75, 3.05) is 0 Å². The van der Waals surface area contributed by atoms with E-state index in [0.717, 1.165) is 0 Å². The molecule has 143 heavy (non-hydrogen) atoms. The van der Waals surface area contributed by atoms with Gasteiger partial charge in [-0.1, -0.05) is 497 Å². The van der Waals surface area contributed by atoms with E-state index >= 15 is 0 Å². The zero-order valence-electron chi connectivity index (χ0n) is 80.8. The molecule has 0 aromatic heterocycles. The highest BCUT2D eigenvalue weighted by Gasteiger charge is 2.40. The minimum Gasteiger partial charge on any atom is -0.0622 e. The molecule has 0 spiro atoms. The van der Waals surface area contributed by atoms with Crippen LogP contribution in [-0.2, 0) is 16.2 Å². The molecule has 0 radical (unpaired) electrons. The van der Waals surface area contributed by atoms with Gasteiger partial charge in [-0.05, 0) is 328 Å². The zero-order valence-corrected chi connectivity index (χ0v) is 80.8. The molecule has 672 valence electrons. The predicted molar refractivity (Wildman–Crippen MR) is 614 cm³/mol. The summed E-state index contributed by atoms with van der Waals surface area (Å²) in [5, 5.41) is 28.0. The van der Waals surface area contributed by atoms with Crippen LogP contribution in [0.5, 0.6) is 0 Å². The molecule has 0 heterocycles. The lowest BCUT2D eigenvalue weighted by molar-refractivity contribution is 0.660. The van der Waals surface area contributed by atoms with Crippen LogP contribution in [0.25, 0.3) is 252 Å². The summed E-state index contributed by atoms with van der Waals surface area (Å²) in [6, 6.07) is 185. The minimum absolute atomic E-state index is 0.0586. The van der Waals surface area contributed by atoms with Crippen LogP contribution in [0, 0.1) is 0 Å². The Balaban J connectivity index is 0.000000107. The van der Waals surface area contributed by atoms with Gasteiger partial charge < -0.3 is 0 Å². The number of hydrogen-bond acceptors (Lipinski definition) is 0. The van der Waals surface area contributed by atoms with Crippen molar-refractivity contribution in [3.8, 4) is 134 Å². The van der Waals surface area contributed by atoms with Gasteiger partial charge in [0.25, 0.3) is 0 Å². The van der Waals surface area contributed by atoms with E-state index in [0.29, 0.717) is 0 Å². The van der Waals surface area contributed by atoms with Crippen molar-refractivity contribution in [3.05, 3.63) is 531 Å². The Kier molecular flexibility index (Phi) is 19.8. The molecule has 3 aliphatic rings. The number of rotatable bonds is 9. The topological polar surface area (TPSA) is 0 Å². The monoisotopic (exact) mass is 1820 g/mol. The first-order chi connectivity index (χ1) is 70.2. The van der Waals surface area contributed by atoms with Crippen LogP contribution < -0.4 is 0 Å². The highest BCUT2D eigenvalue weighted by Crippen LogP contribution is 2.58. The van der Waals surface area contributed by atoms with Crippen LogP contribution in [0.4, 0.5) is 0 Å². The Bertz CT molecular complexity index is 9790. The third kappa shape index (κ3) is 13.6. The molecular formula is C143H100. The van der Waals surface area contributed by atoms with Crippen LogP contribution in [0.1, 0.15) is 74.9 Å². The quantitative estimate of drug-likeness (QED) is 0.126. The molecule has 3 aliphatic carbocycles. The van der Waals surface area contributed by atoms with Gasteiger partial charge in [-0.25, -0.2) is 0 Å². The smallest absolute Gasteiger partial charge is 0.0159 e. The van der Waals surface area contributed by atoms with Crippen LogP contribution in [0.15, 0.2) is 497 Å². The maximum absolute atomic E-state index is 2.48. The van der Waals surface area contributed by atoms with Crippen molar-refractivity contribution in [2.24, 2.45) is 0 Å². The average Bonchev–Trinajstić information content (AvgIpc) is 1.71. The maximum Gasteiger partial charge on any atom is 0.0159 e. The van der Waals surface area contributed by atoms with Crippen molar-refractivity contribution in [2.45, 2.75) is 57.8 Å². The lowest BCUT2D eigenvalue weighted by atomic mass is 9.80. The van der Waals surface area contributed by atoms with Crippen molar-refractivity contribution >= 4 is 118 Å². The number of hydrogen-bond donors (Lipinski definition) is 0. The highest BCUT2D eigenvalue weighted by molar-refractivity contribution is 6.28. The van der Waals surface area contributed by atoms with Gasteiger partial charge in [0.1, 0.15) is 0 Å². The number of fused-ring (bicyclic) bond motifs is 20. The molecule has 0 heteroatoms. The van der Waals surface area contributed by atoms with Gasteiger partial charge in [0.15, 0.2) is 0 Å². The first-order valence-electron chi connectivity index (χ1n) is 50.4. The van der Waals surface area contributed by atoms with E-state index in [2.05, 4.69) is 539 Å². The van der Waals surface area contributed by atoms with Gasteiger partial charge in [0, 0.05) is 16.2 Å². The molecule has 0 fully saturated rings. The molecule has 0 bridgehead atoms. The van der Waals surface area contributed by atoms with Gasteiger partial charge in [-0.3, -0.25) is 0 Å². The van der Waals surface area contributed by atoms with Crippen molar-refractivity contribution in [1.29, 1.82) is 0 Å². The summed E-state index contributed by atoms with van der Waals surface area (Å²) in [6.07, 6.45) is 0. The Labute approximate surface area is 834 Å². The third-order valence-corrected chi connectivity index (χ3v) is 32.2. The largest absolute Gasteiger partial charge is 0.0622 e. The molecule has 0 atom stereocenters. The Morgan fingerprint density at radius 1 is 0.105 bits per heavy atom. The molecule has 0 nitrogen and oxygen atoms in total. The molecule has 0 amide bonds. The fourth-order valence-electron chi connectivity index (χ4n) is 25.3. The second-order valence-electron chi connectivity index (χ2n) is 41.0. The summed E-state index contributed by atoms with van der Waals surface area (Å²) in [6.45, 7) is 14.2. The Morgan fingerprint density at radius 2 is 0.336 bits per heavy atom. The molecule has 0 unspecified atom stereocenters. The molecule has 0 N–H and O–H groups in total. The van der Waals surface area contributed by atoms with Crippen molar-refractivity contribution in [1.82, 2.24) is 0 Å². The van der Waals surface area contributed by atoms with E-state index in [4.69, 9.17) is 0 Å². The summed E-state index contributed by atoms with van der Waals surface area (Å²) in [5.41, 5.74) is 39.2. The summed E-state index contributed by atoms with van der Waals surface area (Å²) < 4.78 is 0. The number of benzene rings is 26. The average molecular weight is 1820 g/mol. The fourth-order valence-corrected chi connectivity index (χ4v) is 25.3. The lowest BCUT2D eigenvalue weighted by Crippen LogP contribution is -2.14. The minimum atomic E-state index is -0.0715. The van der Waals surface area contributed by atoms with Crippen LogP contribution in [0.2, 0.25) is 0 Å². The SMILES string of the molecule is CC1(C)c2ccccc2-c2ccc(-c3c4ccccc4c(-c4cccc5ccccc45)c4cc(-c5ccc6ccccc6c5)ccc34)cc21.CC1(C)c2ccccc2-c2ccc(-c3c4ccccc4c(-c4cccc5ccccc45)c4cc(-c5cccc6ccccc56)ccc34)cc21.CC1(C)c2ccccc2-c2ccc(-c3c4ccccc4c(-c4cccc5ccccc45)c4cc(-c5ccccc5)ccc34)cc21. The summed E-state index contributed by atoms with van der Waals surface area (Å²) >= 11 is 0. The Hall–Kier alpha value is -17.4. The molecule has 26 aromatic carbocycles. The van der Waals surface area contributed by atoms with Crippen molar-refractivity contribution in [3.63, 3.8) is 0 Å². The van der Waals surface area contributed by atoms with Gasteiger partial charge >= 0.3 is 0 Å². The van der Waals surface area contributed by atoms with Crippen LogP contribution >= 0.6 is 0 Å². The molecule has 29 rings (SSSR count). The standard InChI is InChI=1S/2C49H34.C45H32/c1-49(2)45-24-10-9-19-38(45)39-27-26-34(30-46(39)49)47-41-20-7-8-21-42(41)48(40-23-12-16-32-14-4-6-18-36(32)40)44-29-33(25-28-43(44)47)37-22-11-15-31-13-3-5-17-35(31)37;1-49(2)45-21-10-9-17-38(45)39-26-25-36(30-46(39)49)47-41-18-7-8-19-42(41)48(40-20-11-15-32-13-5-6-16-37(32)40)44-29-35(24-27-43(44)47)34-23-22-31-12-3-4-14-33(31)28-34;1-45(2)41-22-11-10-18-34(41)35-25-24-32(28-42(35)45)43-37-19-8-9-20-38(37)44(36-21-12-16-30-15-6-7-17-33(30)36)40-27-31(23-26-39(40)43)29-13-4-3-5-14-29/h2*3-30H,1-2H3;3-28H,1-2H3. The summed E-state index contributed by atoms with van der Waals surface area (Å²) in [4.78, 5) is 0. The molecule has 0 aliphatic heterocycles. The maximum atomic E-state index is 2.48. The Morgan fingerprint density at radius 3 is 0.706 bits per heavy atom. The van der Waals surface area contributed by atoms with E-state index in [1.54, 1.807) is 0 Å². The summed E-state index contributed by atoms with van der Waals surface area (Å²) in [5.74, 6) is 0. The zero-order chi connectivity index (χ0) is 95.5. The van der Waals surface area contributed by atoms with Gasteiger partial charge in [0.05, 0.1) is 0 Å². The van der Waals surface area contributed by atoms with E-state index in [1.807, 2.05) is 0 Å². The van der Waals surface area contributed by atoms with Gasteiger partial charge in [0.2, 0.25) is 0 Å². The normalized spacial score (nSPS) is 13.3. The van der Waals surface area contributed by atoms with E-state index in [9.17, 15) is 0 Å². The first-order valence-corrected chi connectivity index (χ1v) is 50.4. The third-order valence-electron chi connectivity index (χ3n) is 32.2. The summed E-state index contributed by atoms with van der Waals surface area (Å²) in [7, 11) is 0. The molecular weight excluding hydrogens is 1720 g/mol. The van der Waals surface area contributed by atoms with Crippen LogP contribution in [0.3, 0.4) is 0 Å². The predicted octanol–water partition coefficient (Wildman–Crippen LogP) is 39.7. The van der Waals surface area contributed by atoms with Gasteiger partial charge in [-0.15, -0.1) is 0 Å². The van der Waals surface area contributed by atoms with Crippen molar-refractivity contribution < 1.29 is 0 Å².